The number of carbonyl (C=O) groups is 2. The molecule has 38 heavy (non-hydrogen) atoms. The van der Waals surface area contributed by atoms with Gasteiger partial charge in [0.25, 0.3) is 0 Å². The van der Waals surface area contributed by atoms with E-state index < -0.39 is 46.8 Å². The number of ether oxygens (including phenoxy) is 2. The van der Waals surface area contributed by atoms with Crippen LogP contribution in [0.2, 0.25) is 0 Å². The molecule has 194 valence electrons. The van der Waals surface area contributed by atoms with Crippen molar-refractivity contribution in [1.29, 1.82) is 0 Å². The summed E-state index contributed by atoms with van der Waals surface area (Å²) in [7, 11) is 0. The molecule has 0 aliphatic rings. The van der Waals surface area contributed by atoms with Crippen LogP contribution in [-0.2, 0) is 0 Å². The first-order valence-electron chi connectivity index (χ1n) is 10.2. The van der Waals surface area contributed by atoms with E-state index in [4.69, 9.17) is 20.5 Å². The van der Waals surface area contributed by atoms with Crippen LogP contribution < -0.4 is 9.47 Å². The smallest absolute Gasteiger partial charge is 0.423 e. The van der Waals surface area contributed by atoms with Crippen LogP contribution in [0.3, 0.4) is 0 Å². The Morgan fingerprint density at radius 3 is 1.03 bits per heavy atom. The minimum absolute atomic E-state index is 0.000833. The Labute approximate surface area is 208 Å². The molecular weight excluding hydrogens is 522 g/mol. The van der Waals surface area contributed by atoms with Crippen LogP contribution in [0.4, 0.5) is 26.3 Å². The van der Waals surface area contributed by atoms with Gasteiger partial charge in [-0.3, -0.25) is 0 Å². The SMILES string of the molecule is [N-]=[N+]=C(c1ccc(C(=O)Oc2ccc(OC(=O)c3ccc(C(=[N+]=[N-])C(F)(F)F)cc3)cc2)cc1)C(F)(F)F. The average Bonchev–Trinajstić information content (AvgIpc) is 2.85. The lowest BCUT2D eigenvalue weighted by Crippen LogP contribution is -2.25. The Bertz CT molecular complexity index is 1340. The zero-order valence-electron chi connectivity index (χ0n) is 18.6. The van der Waals surface area contributed by atoms with Crippen molar-refractivity contribution >= 4 is 23.4 Å². The lowest BCUT2D eigenvalue weighted by molar-refractivity contribution is -0.111. The zero-order valence-corrected chi connectivity index (χ0v) is 18.6. The number of hydrogen-bond donors (Lipinski definition) is 0. The monoisotopic (exact) mass is 534 g/mol. The number of esters is 2. The Balaban J connectivity index is 1.63. The van der Waals surface area contributed by atoms with Crippen LogP contribution in [-0.4, -0.2) is 45.3 Å². The molecule has 0 N–H and O–H groups in total. The maximum atomic E-state index is 12.8. The number of halogens is 6. The van der Waals surface area contributed by atoms with E-state index in [1.807, 2.05) is 0 Å². The summed E-state index contributed by atoms with van der Waals surface area (Å²) >= 11 is 0. The summed E-state index contributed by atoms with van der Waals surface area (Å²) in [6, 6.07) is 12.9. The number of nitrogens with zero attached hydrogens (tertiary/aromatic N) is 4. The molecule has 0 bridgehead atoms. The van der Waals surface area contributed by atoms with Gasteiger partial charge < -0.3 is 20.5 Å². The number of carbonyl (C=O) groups excluding carboxylic acids is 2. The molecule has 0 amide bonds. The molecule has 0 unspecified atom stereocenters. The molecule has 0 heterocycles. The highest BCUT2D eigenvalue weighted by Crippen LogP contribution is 2.24. The summed E-state index contributed by atoms with van der Waals surface area (Å²) in [5, 5.41) is 0. The number of hydrogen-bond acceptors (Lipinski definition) is 4. The fraction of sp³-hybridized carbons (Fsp3) is 0.0833. The summed E-state index contributed by atoms with van der Waals surface area (Å²) in [6.45, 7) is 0. The summed E-state index contributed by atoms with van der Waals surface area (Å²) < 4.78 is 87.0. The van der Waals surface area contributed by atoms with Crippen molar-refractivity contribution in [1.82, 2.24) is 0 Å². The topological polar surface area (TPSA) is 125 Å². The number of benzene rings is 3. The van der Waals surface area contributed by atoms with Crippen LogP contribution in [0.1, 0.15) is 31.8 Å². The van der Waals surface area contributed by atoms with E-state index in [1.165, 1.54) is 24.3 Å². The minimum Gasteiger partial charge on any atom is -0.423 e. The molecule has 0 aliphatic carbocycles. The molecule has 14 heteroatoms. The highest BCUT2D eigenvalue weighted by Gasteiger charge is 2.46. The van der Waals surface area contributed by atoms with Gasteiger partial charge in [0.15, 0.2) is 0 Å². The molecule has 0 aromatic heterocycles. The molecule has 3 rings (SSSR count). The lowest BCUT2D eigenvalue weighted by Gasteiger charge is -2.08. The van der Waals surface area contributed by atoms with Gasteiger partial charge in [-0.05, 0) is 72.8 Å². The summed E-state index contributed by atoms with van der Waals surface area (Å²) in [5.41, 5.74) is 13.0. The third kappa shape index (κ3) is 6.58. The Morgan fingerprint density at radius 1 is 0.526 bits per heavy atom. The van der Waals surface area contributed by atoms with Crippen LogP contribution in [0, 0.1) is 0 Å². The van der Waals surface area contributed by atoms with Crippen LogP contribution in [0.5, 0.6) is 11.5 Å². The molecule has 3 aromatic rings. The molecule has 0 saturated heterocycles. The van der Waals surface area contributed by atoms with Crippen molar-refractivity contribution in [3.63, 3.8) is 0 Å². The maximum absolute atomic E-state index is 12.8. The second kappa shape index (κ2) is 10.9. The Morgan fingerprint density at radius 2 is 0.789 bits per heavy atom. The molecular formula is C24H12F6N4O4. The quantitative estimate of drug-likeness (QED) is 0.106. The molecule has 3 aromatic carbocycles. The van der Waals surface area contributed by atoms with Crippen LogP contribution >= 0.6 is 0 Å². The van der Waals surface area contributed by atoms with Crippen molar-refractivity contribution in [3.8, 4) is 11.5 Å². The molecule has 8 nitrogen and oxygen atoms in total. The molecule has 0 fully saturated rings. The van der Waals surface area contributed by atoms with Crippen molar-refractivity contribution in [2.75, 3.05) is 0 Å². The van der Waals surface area contributed by atoms with Gasteiger partial charge in [0.1, 0.15) is 11.5 Å². The normalized spacial score (nSPS) is 11.1. The summed E-state index contributed by atoms with van der Waals surface area (Å²) in [5.74, 6) is -1.83. The first-order chi connectivity index (χ1) is 17.8. The Hall–Kier alpha value is -5.06. The van der Waals surface area contributed by atoms with Crippen molar-refractivity contribution in [2.24, 2.45) is 0 Å². The van der Waals surface area contributed by atoms with Gasteiger partial charge >= 0.3 is 35.7 Å². The predicted molar refractivity (Wildman–Crippen MR) is 117 cm³/mol. The standard InChI is InChI=1S/C24H12F6N4O4/c25-23(26,27)19(33-31)13-1-5-15(6-2-13)21(35)37-17-9-11-18(12-10-17)38-22(36)16-7-3-14(4-8-16)20(34-32)24(28,29)30/h1-12H. The average molecular weight is 534 g/mol. The van der Waals surface area contributed by atoms with Gasteiger partial charge in [-0.25, -0.2) is 9.59 Å². The van der Waals surface area contributed by atoms with Gasteiger partial charge in [0.05, 0.1) is 22.3 Å². The van der Waals surface area contributed by atoms with Gasteiger partial charge in [0.2, 0.25) is 0 Å². The third-order valence-electron chi connectivity index (χ3n) is 4.77. The highest BCUT2D eigenvalue weighted by atomic mass is 19.4. The zero-order chi connectivity index (χ0) is 28.1. The summed E-state index contributed by atoms with van der Waals surface area (Å²) in [4.78, 5) is 29.0. The van der Waals surface area contributed by atoms with Crippen molar-refractivity contribution in [2.45, 2.75) is 12.4 Å². The summed E-state index contributed by atoms with van der Waals surface area (Å²) in [6.07, 6.45) is -9.81. The van der Waals surface area contributed by atoms with Gasteiger partial charge in [0, 0.05) is 0 Å². The van der Waals surface area contributed by atoms with E-state index in [0.29, 0.717) is 0 Å². The van der Waals surface area contributed by atoms with Gasteiger partial charge in [-0.2, -0.15) is 35.9 Å². The van der Waals surface area contributed by atoms with Crippen molar-refractivity contribution in [3.05, 3.63) is 106 Å². The maximum Gasteiger partial charge on any atom is 0.495 e. The van der Waals surface area contributed by atoms with E-state index in [0.717, 1.165) is 48.5 Å². The van der Waals surface area contributed by atoms with Crippen LogP contribution in [0.15, 0.2) is 72.8 Å². The molecule has 0 radical (unpaired) electrons. The van der Waals surface area contributed by atoms with Gasteiger partial charge in [-0.15, -0.1) is 0 Å². The highest BCUT2D eigenvalue weighted by molar-refractivity contribution is 6.02. The first-order valence-corrected chi connectivity index (χ1v) is 10.2. The largest absolute Gasteiger partial charge is 0.495 e. The molecule has 0 atom stereocenters. The Kier molecular flexibility index (Phi) is 7.90. The molecule has 0 aliphatic heterocycles. The molecule has 0 spiro atoms. The van der Waals surface area contributed by atoms with Gasteiger partial charge in [-0.1, -0.05) is 0 Å². The van der Waals surface area contributed by atoms with Crippen LogP contribution in [0.25, 0.3) is 11.1 Å². The fourth-order valence-electron chi connectivity index (χ4n) is 2.99. The second-order valence-corrected chi connectivity index (χ2v) is 7.30. The third-order valence-corrected chi connectivity index (χ3v) is 4.77. The van der Waals surface area contributed by atoms with E-state index in [-0.39, 0.29) is 22.6 Å². The number of alkyl halides is 6. The first kappa shape index (κ1) is 27.5. The molecule has 0 saturated carbocycles. The van der Waals surface area contributed by atoms with E-state index in [1.54, 1.807) is 0 Å². The van der Waals surface area contributed by atoms with E-state index in [9.17, 15) is 35.9 Å². The minimum atomic E-state index is -4.91. The van der Waals surface area contributed by atoms with E-state index in [2.05, 4.69) is 9.58 Å². The number of rotatable bonds is 6. The van der Waals surface area contributed by atoms with E-state index >= 15 is 0 Å². The predicted octanol–water partition coefficient (Wildman–Crippen LogP) is 5.29. The fourth-order valence-corrected chi connectivity index (χ4v) is 2.99. The lowest BCUT2D eigenvalue weighted by atomic mass is 10.1. The second-order valence-electron chi connectivity index (χ2n) is 7.30. The van der Waals surface area contributed by atoms with Crippen molar-refractivity contribution < 1.29 is 55.0 Å².